The van der Waals surface area contributed by atoms with Crippen LogP contribution in [0.1, 0.15) is 69.7 Å². The molecule has 0 atom stereocenters. The maximum Gasteiger partial charge on any atom is 0.329 e. The van der Waals surface area contributed by atoms with Gasteiger partial charge in [0.25, 0.3) is 5.56 Å². The Balaban J connectivity index is 1.87. The number of aryl methyl sites for hydroxylation is 4. The third-order valence-corrected chi connectivity index (χ3v) is 5.42. The molecule has 0 aliphatic heterocycles. The Labute approximate surface area is 170 Å². The first-order chi connectivity index (χ1) is 13.9. The number of imidazole rings is 1. The zero-order chi connectivity index (χ0) is 21.0. The fourth-order valence-electron chi connectivity index (χ4n) is 3.83. The van der Waals surface area contributed by atoms with Crippen LogP contribution in [0.25, 0.3) is 17.1 Å². The molecule has 3 heterocycles. The van der Waals surface area contributed by atoms with Gasteiger partial charge in [0.2, 0.25) is 5.95 Å². The van der Waals surface area contributed by atoms with Gasteiger partial charge in [-0.05, 0) is 26.3 Å². The Morgan fingerprint density at radius 2 is 1.66 bits per heavy atom. The van der Waals surface area contributed by atoms with E-state index >= 15 is 0 Å². The Morgan fingerprint density at radius 3 is 2.28 bits per heavy atom. The van der Waals surface area contributed by atoms with Crippen molar-refractivity contribution in [2.75, 3.05) is 0 Å². The molecule has 3 rings (SSSR count). The monoisotopic (exact) mass is 400 g/mol. The second kappa shape index (κ2) is 9.24. The van der Waals surface area contributed by atoms with Crippen molar-refractivity contribution in [1.29, 1.82) is 0 Å². The molecule has 29 heavy (non-hydrogen) atoms. The Kier molecular flexibility index (Phi) is 6.71. The predicted octanol–water partition coefficient (Wildman–Crippen LogP) is 3.37. The molecule has 158 valence electrons. The molecule has 0 radical (unpaired) electrons. The SMILES string of the molecule is CCCCCCCCCCn1c(-n2nc(C)cc2C)nc2c1c(=O)[nH]c(=O)n2C. The number of unbranched alkanes of at least 4 members (excludes halogenated alkanes) is 7. The second-order valence-corrected chi connectivity index (χ2v) is 7.87. The molecular weight excluding hydrogens is 368 g/mol. The molecule has 8 nitrogen and oxygen atoms in total. The number of rotatable bonds is 10. The third-order valence-electron chi connectivity index (χ3n) is 5.42. The van der Waals surface area contributed by atoms with Crippen molar-refractivity contribution in [3.8, 4) is 5.95 Å². The van der Waals surface area contributed by atoms with E-state index in [-0.39, 0.29) is 0 Å². The topological polar surface area (TPSA) is 90.5 Å². The van der Waals surface area contributed by atoms with Gasteiger partial charge in [-0.2, -0.15) is 10.1 Å². The molecule has 0 aliphatic carbocycles. The van der Waals surface area contributed by atoms with Gasteiger partial charge in [-0.15, -0.1) is 0 Å². The number of aromatic nitrogens is 6. The van der Waals surface area contributed by atoms with Gasteiger partial charge in [0, 0.05) is 19.3 Å². The summed E-state index contributed by atoms with van der Waals surface area (Å²) in [5, 5.41) is 4.54. The van der Waals surface area contributed by atoms with Gasteiger partial charge in [-0.25, -0.2) is 9.48 Å². The fraction of sp³-hybridized carbons (Fsp3) is 0.619. The van der Waals surface area contributed by atoms with Gasteiger partial charge < -0.3 is 4.57 Å². The summed E-state index contributed by atoms with van der Waals surface area (Å²) >= 11 is 0. The van der Waals surface area contributed by atoms with E-state index in [9.17, 15) is 9.59 Å². The highest BCUT2D eigenvalue weighted by atomic mass is 16.2. The number of hydrogen-bond acceptors (Lipinski definition) is 4. The first-order valence-corrected chi connectivity index (χ1v) is 10.7. The standard InChI is InChI=1S/C21H32N6O2/c1-5-6-7-8-9-10-11-12-13-26-17-18(25(4)21(29)23-19(17)28)22-20(26)27-16(3)14-15(2)24-27/h14H,5-13H2,1-4H3,(H,23,28,29). The number of fused-ring (bicyclic) bond motifs is 1. The smallest absolute Gasteiger partial charge is 0.302 e. The van der Waals surface area contributed by atoms with Crippen LogP contribution in [-0.2, 0) is 13.6 Å². The van der Waals surface area contributed by atoms with E-state index < -0.39 is 11.2 Å². The number of H-pyrrole nitrogens is 1. The lowest BCUT2D eigenvalue weighted by Gasteiger charge is -2.10. The second-order valence-electron chi connectivity index (χ2n) is 7.87. The van der Waals surface area contributed by atoms with Crippen molar-refractivity contribution in [3.63, 3.8) is 0 Å². The first-order valence-electron chi connectivity index (χ1n) is 10.7. The van der Waals surface area contributed by atoms with Gasteiger partial charge in [0.1, 0.15) is 0 Å². The van der Waals surface area contributed by atoms with E-state index in [0.717, 1.165) is 24.2 Å². The van der Waals surface area contributed by atoms with E-state index in [1.54, 1.807) is 11.7 Å². The van der Waals surface area contributed by atoms with Crippen molar-refractivity contribution in [3.05, 3.63) is 38.3 Å². The average Bonchev–Trinajstić information content (AvgIpc) is 3.21. The third kappa shape index (κ3) is 4.52. The van der Waals surface area contributed by atoms with Gasteiger partial charge in [-0.1, -0.05) is 51.9 Å². The molecule has 0 aromatic carbocycles. The minimum atomic E-state index is -0.459. The zero-order valence-corrected chi connectivity index (χ0v) is 18.0. The van der Waals surface area contributed by atoms with Gasteiger partial charge >= 0.3 is 5.69 Å². The first kappa shape index (κ1) is 21.1. The summed E-state index contributed by atoms with van der Waals surface area (Å²) in [5.41, 5.74) is 1.79. The molecule has 3 aromatic rings. The van der Waals surface area contributed by atoms with Crippen molar-refractivity contribution in [1.82, 2.24) is 28.9 Å². The largest absolute Gasteiger partial charge is 0.329 e. The summed E-state index contributed by atoms with van der Waals surface area (Å²) in [6, 6.07) is 1.98. The minimum Gasteiger partial charge on any atom is -0.302 e. The molecule has 0 fully saturated rings. The Hall–Kier alpha value is -2.64. The van der Waals surface area contributed by atoms with Crippen LogP contribution >= 0.6 is 0 Å². The number of nitrogens with one attached hydrogen (secondary N) is 1. The predicted molar refractivity (Wildman–Crippen MR) is 115 cm³/mol. The van der Waals surface area contributed by atoms with E-state index in [0.29, 0.717) is 23.7 Å². The molecule has 0 aliphatic rings. The van der Waals surface area contributed by atoms with Gasteiger partial charge in [0.05, 0.1) is 5.69 Å². The summed E-state index contributed by atoms with van der Waals surface area (Å²) in [7, 11) is 1.62. The molecule has 0 bridgehead atoms. The molecule has 0 spiro atoms. The summed E-state index contributed by atoms with van der Waals surface area (Å²) in [4.78, 5) is 31.6. The number of aromatic amines is 1. The highest BCUT2D eigenvalue weighted by Gasteiger charge is 2.20. The van der Waals surface area contributed by atoms with Crippen molar-refractivity contribution in [2.45, 2.75) is 78.7 Å². The molecule has 0 amide bonds. The molecular formula is C21H32N6O2. The van der Waals surface area contributed by atoms with Crippen molar-refractivity contribution < 1.29 is 0 Å². The maximum atomic E-state index is 12.6. The molecule has 0 saturated heterocycles. The summed E-state index contributed by atoms with van der Waals surface area (Å²) in [6.45, 7) is 6.79. The van der Waals surface area contributed by atoms with E-state index in [4.69, 9.17) is 0 Å². The Morgan fingerprint density at radius 1 is 1.00 bits per heavy atom. The van der Waals surface area contributed by atoms with Crippen LogP contribution in [0.3, 0.4) is 0 Å². The average molecular weight is 401 g/mol. The maximum absolute atomic E-state index is 12.6. The summed E-state index contributed by atoms with van der Waals surface area (Å²) < 4.78 is 5.05. The minimum absolute atomic E-state index is 0.390. The van der Waals surface area contributed by atoms with Crippen LogP contribution in [0.5, 0.6) is 0 Å². The highest BCUT2D eigenvalue weighted by Crippen LogP contribution is 2.18. The lowest BCUT2D eigenvalue weighted by atomic mass is 10.1. The van der Waals surface area contributed by atoms with Gasteiger partial charge in [0.15, 0.2) is 11.2 Å². The quantitative estimate of drug-likeness (QED) is 0.528. The van der Waals surface area contributed by atoms with Crippen LogP contribution < -0.4 is 11.2 Å². The lowest BCUT2D eigenvalue weighted by Crippen LogP contribution is -2.29. The van der Waals surface area contributed by atoms with E-state index in [1.165, 1.54) is 43.1 Å². The van der Waals surface area contributed by atoms with Crippen LogP contribution in [0.2, 0.25) is 0 Å². The van der Waals surface area contributed by atoms with E-state index in [1.807, 2.05) is 24.5 Å². The fourth-order valence-corrected chi connectivity index (χ4v) is 3.83. The van der Waals surface area contributed by atoms with Gasteiger partial charge in [-0.3, -0.25) is 14.3 Å². The van der Waals surface area contributed by atoms with Crippen molar-refractivity contribution in [2.24, 2.45) is 7.05 Å². The number of nitrogens with zero attached hydrogens (tertiary/aromatic N) is 5. The van der Waals surface area contributed by atoms with Crippen LogP contribution in [0.4, 0.5) is 0 Å². The lowest BCUT2D eigenvalue weighted by molar-refractivity contribution is 0.540. The molecule has 0 saturated carbocycles. The van der Waals surface area contributed by atoms with Crippen molar-refractivity contribution >= 4 is 11.2 Å². The Bertz CT molecular complexity index is 1090. The summed E-state index contributed by atoms with van der Waals surface area (Å²) in [5.74, 6) is 0.584. The number of hydrogen-bond donors (Lipinski definition) is 1. The van der Waals surface area contributed by atoms with Crippen LogP contribution in [0.15, 0.2) is 15.7 Å². The van der Waals surface area contributed by atoms with E-state index in [2.05, 4.69) is 22.0 Å². The molecule has 3 aromatic heterocycles. The molecule has 8 heteroatoms. The van der Waals surface area contributed by atoms with Crippen LogP contribution in [-0.4, -0.2) is 28.9 Å². The normalized spacial score (nSPS) is 11.6. The summed E-state index contributed by atoms with van der Waals surface area (Å²) in [6.07, 6.45) is 9.69. The van der Waals surface area contributed by atoms with Crippen LogP contribution in [0, 0.1) is 13.8 Å². The molecule has 1 N–H and O–H groups in total. The highest BCUT2D eigenvalue weighted by molar-refractivity contribution is 5.72. The molecule has 0 unspecified atom stereocenters. The zero-order valence-electron chi connectivity index (χ0n) is 18.0.